The van der Waals surface area contributed by atoms with Gasteiger partial charge in [0, 0.05) is 12.4 Å². The summed E-state index contributed by atoms with van der Waals surface area (Å²) in [6, 6.07) is 3.45. The quantitative estimate of drug-likeness (QED) is 0.725. The topological polar surface area (TPSA) is 43.8 Å². The molecule has 1 heterocycles. The van der Waals surface area contributed by atoms with Crippen LogP contribution in [-0.2, 0) is 7.05 Å². The second-order valence-corrected chi connectivity index (χ2v) is 3.36. The van der Waals surface area contributed by atoms with E-state index >= 15 is 0 Å². The van der Waals surface area contributed by atoms with Gasteiger partial charge in [-0.1, -0.05) is 18.2 Å². The first-order valence-corrected chi connectivity index (χ1v) is 4.31. The van der Waals surface area contributed by atoms with Gasteiger partial charge >= 0.3 is 6.98 Å². The van der Waals surface area contributed by atoms with Crippen molar-refractivity contribution in [1.82, 2.24) is 9.78 Å². The number of benzene rings is 1. The van der Waals surface area contributed by atoms with E-state index in [4.69, 9.17) is 5.73 Å². The molecule has 2 N–H and O–H groups in total. The number of fused-ring (bicyclic) bond motifs is 1. The summed E-state index contributed by atoms with van der Waals surface area (Å²) in [7, 11) is 1.56. The average Bonchev–Trinajstić information content (AvgIpc) is 2.41. The van der Waals surface area contributed by atoms with Gasteiger partial charge in [0.15, 0.2) is 5.82 Å². The van der Waals surface area contributed by atoms with E-state index in [0.29, 0.717) is 10.9 Å². The molecule has 0 atom stereocenters. The van der Waals surface area contributed by atoms with Crippen LogP contribution in [0.25, 0.3) is 10.9 Å². The maximum atomic E-state index is 12.5. The van der Waals surface area contributed by atoms with Crippen molar-refractivity contribution in [3.05, 3.63) is 18.2 Å². The molecule has 2 aromatic rings. The normalized spacial score (nSPS) is 12.3. The lowest BCUT2D eigenvalue weighted by Gasteiger charge is -2.14. The molecule has 0 spiro atoms. The van der Waals surface area contributed by atoms with Gasteiger partial charge in [0.25, 0.3) is 0 Å². The van der Waals surface area contributed by atoms with Gasteiger partial charge in [-0.3, -0.25) is 4.68 Å². The van der Waals surface area contributed by atoms with Crippen molar-refractivity contribution < 1.29 is 12.9 Å². The molecule has 0 aliphatic carbocycles. The number of aryl methyl sites for hydroxylation is 1. The first-order chi connectivity index (χ1) is 6.89. The minimum absolute atomic E-state index is 0.244. The summed E-state index contributed by atoms with van der Waals surface area (Å²) in [4.78, 5) is 0. The van der Waals surface area contributed by atoms with Crippen molar-refractivity contribution >= 4 is 29.2 Å². The van der Waals surface area contributed by atoms with Crippen LogP contribution in [0, 0.1) is 0 Å². The highest BCUT2D eigenvalue weighted by molar-refractivity contribution is 6.73. The third kappa shape index (κ3) is 1.53. The predicted octanol–water partition coefficient (Wildman–Crippen LogP) is 1.21. The maximum absolute atomic E-state index is 12.5. The molecular weight excluding hydrogens is 206 g/mol. The van der Waals surface area contributed by atoms with E-state index < -0.39 is 12.4 Å². The van der Waals surface area contributed by atoms with Gasteiger partial charge < -0.3 is 18.7 Å². The molecule has 0 saturated carbocycles. The Labute approximate surface area is 83.7 Å². The van der Waals surface area contributed by atoms with E-state index in [1.807, 2.05) is 0 Å². The van der Waals surface area contributed by atoms with Crippen LogP contribution in [0.15, 0.2) is 18.2 Å². The minimum atomic E-state index is -4.97. The van der Waals surface area contributed by atoms with E-state index in [9.17, 15) is 12.9 Å². The molecule has 0 bridgehead atoms. The summed E-state index contributed by atoms with van der Waals surface area (Å²) in [5.41, 5.74) is 5.29. The van der Waals surface area contributed by atoms with E-state index in [2.05, 4.69) is 5.10 Å². The van der Waals surface area contributed by atoms with Crippen LogP contribution in [0.2, 0.25) is 0 Å². The number of hydrogen-bond donors (Lipinski definition) is 1. The zero-order chi connectivity index (χ0) is 11.2. The summed E-state index contributed by atoms with van der Waals surface area (Å²) in [5, 5.41) is 4.39. The Balaban J connectivity index is 2.71. The van der Waals surface area contributed by atoms with Gasteiger partial charge in [0.1, 0.15) is 0 Å². The Bertz CT molecular complexity index is 518. The van der Waals surface area contributed by atoms with Crippen molar-refractivity contribution in [3.63, 3.8) is 0 Å². The molecule has 0 unspecified atom stereocenters. The molecule has 1 aromatic heterocycles. The van der Waals surface area contributed by atoms with Crippen LogP contribution in [0.3, 0.4) is 0 Å². The molecule has 0 saturated heterocycles. The lowest BCUT2D eigenvalue weighted by Crippen LogP contribution is -2.33. The smallest absolute Gasteiger partial charge is 0.445 e. The number of nitrogens with two attached hydrogens (primary N) is 1. The highest BCUT2D eigenvalue weighted by Gasteiger charge is 2.26. The van der Waals surface area contributed by atoms with Crippen LogP contribution in [-0.4, -0.2) is 16.8 Å². The zero-order valence-electron chi connectivity index (χ0n) is 7.92. The van der Waals surface area contributed by atoms with Crippen LogP contribution in [0.1, 0.15) is 0 Å². The third-order valence-corrected chi connectivity index (χ3v) is 2.28. The summed E-state index contributed by atoms with van der Waals surface area (Å²) < 4.78 is 38.7. The van der Waals surface area contributed by atoms with Crippen molar-refractivity contribution in [3.8, 4) is 0 Å². The molecule has 7 heteroatoms. The van der Waals surface area contributed by atoms with Gasteiger partial charge in [-0.15, -0.1) is 5.46 Å². The second kappa shape index (κ2) is 2.92. The minimum Gasteiger partial charge on any atom is -0.445 e. The second-order valence-electron chi connectivity index (χ2n) is 3.36. The fraction of sp³-hybridized carbons (Fsp3) is 0.125. The van der Waals surface area contributed by atoms with E-state index in [0.717, 1.165) is 12.1 Å². The van der Waals surface area contributed by atoms with Crippen molar-refractivity contribution in [2.45, 2.75) is 0 Å². The Morgan fingerprint density at radius 1 is 1.33 bits per heavy atom. The van der Waals surface area contributed by atoms with Crippen molar-refractivity contribution in [1.29, 1.82) is 0 Å². The monoisotopic (exact) mass is 214 g/mol. The number of rotatable bonds is 1. The van der Waals surface area contributed by atoms with Crippen LogP contribution >= 0.6 is 0 Å². The Kier molecular flexibility index (Phi) is 1.92. The van der Waals surface area contributed by atoms with Crippen LogP contribution < -0.4 is 11.2 Å². The first kappa shape index (κ1) is 9.88. The number of aromatic nitrogens is 2. The molecule has 0 aliphatic heterocycles. The SMILES string of the molecule is Cn1nc(N)c2ccc([B-](F)(F)F)cc21. The predicted molar refractivity (Wildman–Crippen MR) is 53.8 cm³/mol. The van der Waals surface area contributed by atoms with Gasteiger partial charge in [-0.05, 0) is 0 Å². The van der Waals surface area contributed by atoms with Crippen LogP contribution in [0.5, 0.6) is 0 Å². The number of nitrogens with zero attached hydrogens (tertiary/aromatic N) is 2. The number of anilines is 1. The van der Waals surface area contributed by atoms with Gasteiger partial charge in [-0.2, -0.15) is 5.10 Å². The van der Waals surface area contributed by atoms with E-state index in [-0.39, 0.29) is 5.82 Å². The molecule has 2 rings (SSSR count). The third-order valence-electron chi connectivity index (χ3n) is 2.28. The summed E-state index contributed by atoms with van der Waals surface area (Å²) in [6.45, 7) is -4.97. The molecule has 1 aromatic carbocycles. The summed E-state index contributed by atoms with van der Waals surface area (Å²) >= 11 is 0. The van der Waals surface area contributed by atoms with E-state index in [1.54, 1.807) is 7.05 Å². The lowest BCUT2D eigenvalue weighted by molar-refractivity contribution is 0.501. The highest BCUT2D eigenvalue weighted by Crippen LogP contribution is 2.20. The molecule has 0 amide bonds. The fourth-order valence-electron chi connectivity index (χ4n) is 1.51. The standard InChI is InChI=1S/C8H8BF3N3/c1-15-7-4-5(9(10,11)12)2-3-6(7)8(13)14-15/h2-4H,1H3,(H2,13,14)/q-1. The first-order valence-electron chi connectivity index (χ1n) is 4.31. The largest absolute Gasteiger partial charge is 0.509 e. The fourth-order valence-corrected chi connectivity index (χ4v) is 1.51. The molecule has 3 nitrogen and oxygen atoms in total. The number of hydrogen-bond acceptors (Lipinski definition) is 2. The zero-order valence-corrected chi connectivity index (χ0v) is 7.92. The average molecular weight is 214 g/mol. The number of nitrogen functional groups attached to an aromatic ring is 1. The highest BCUT2D eigenvalue weighted by atomic mass is 19.4. The van der Waals surface area contributed by atoms with Gasteiger partial charge in [0.05, 0.1) is 5.52 Å². The van der Waals surface area contributed by atoms with Crippen LogP contribution in [0.4, 0.5) is 18.8 Å². The van der Waals surface area contributed by atoms with Gasteiger partial charge in [-0.25, -0.2) is 0 Å². The van der Waals surface area contributed by atoms with Crippen molar-refractivity contribution in [2.24, 2.45) is 7.05 Å². The van der Waals surface area contributed by atoms with Gasteiger partial charge in [0.2, 0.25) is 0 Å². The molecule has 0 fully saturated rings. The van der Waals surface area contributed by atoms with Crippen molar-refractivity contribution in [2.75, 3.05) is 5.73 Å². The van der Waals surface area contributed by atoms with E-state index in [1.165, 1.54) is 10.7 Å². The molecule has 15 heavy (non-hydrogen) atoms. The maximum Gasteiger partial charge on any atom is 0.509 e. The Morgan fingerprint density at radius 3 is 2.60 bits per heavy atom. The summed E-state index contributed by atoms with van der Waals surface area (Å²) in [5.74, 6) is 0.244. The molecular formula is C8H8BF3N3-. The number of halogens is 3. The summed E-state index contributed by atoms with van der Waals surface area (Å²) in [6.07, 6.45) is 0. The molecule has 0 radical (unpaired) electrons. The Morgan fingerprint density at radius 2 is 2.00 bits per heavy atom. The molecule has 0 aliphatic rings. The lowest BCUT2D eigenvalue weighted by atomic mass is 9.80. The molecule has 80 valence electrons. The Hall–Kier alpha value is -1.66.